The number of ether oxygens (including phenoxy) is 1. The van der Waals surface area contributed by atoms with Crippen molar-refractivity contribution in [3.63, 3.8) is 0 Å². The van der Waals surface area contributed by atoms with Crippen LogP contribution in [0.2, 0.25) is 0 Å². The van der Waals surface area contributed by atoms with Crippen molar-refractivity contribution in [1.82, 2.24) is 14.9 Å². The second-order valence-corrected chi connectivity index (χ2v) is 7.69. The number of hydrogen-bond acceptors (Lipinski definition) is 6. The fourth-order valence-electron chi connectivity index (χ4n) is 4.15. The van der Waals surface area contributed by atoms with E-state index >= 15 is 0 Å². The minimum atomic E-state index is 0.351. The number of hydrogen-bond donors (Lipinski definition) is 1. The van der Waals surface area contributed by atoms with Crippen LogP contribution in [0.15, 0.2) is 36.4 Å². The van der Waals surface area contributed by atoms with E-state index in [2.05, 4.69) is 63.2 Å². The molecule has 6 heteroatoms. The number of nitrogen functional groups attached to an aromatic ring is 1. The summed E-state index contributed by atoms with van der Waals surface area (Å²) in [6.45, 7) is 4.55. The van der Waals surface area contributed by atoms with Gasteiger partial charge in [-0.2, -0.15) is 4.98 Å². The monoisotopic (exact) mass is 367 g/mol. The molecule has 2 fully saturated rings. The van der Waals surface area contributed by atoms with Crippen LogP contribution in [0.3, 0.4) is 0 Å². The molecular weight excluding hydrogens is 338 g/mol. The van der Waals surface area contributed by atoms with Gasteiger partial charge in [-0.3, -0.25) is 4.90 Å². The van der Waals surface area contributed by atoms with E-state index in [0.717, 1.165) is 63.6 Å². The molecule has 27 heavy (non-hydrogen) atoms. The lowest BCUT2D eigenvalue weighted by atomic mass is 10.0. The fourth-order valence-corrected chi connectivity index (χ4v) is 4.15. The molecule has 6 nitrogen and oxygen atoms in total. The summed E-state index contributed by atoms with van der Waals surface area (Å²) in [6, 6.07) is 13.4. The van der Waals surface area contributed by atoms with Gasteiger partial charge in [0, 0.05) is 44.3 Å². The van der Waals surface area contributed by atoms with Crippen LogP contribution in [-0.2, 0) is 11.3 Å². The van der Waals surface area contributed by atoms with Crippen molar-refractivity contribution in [3.8, 4) is 0 Å². The SMILES string of the molecule is CN(Cc1ccccc1)C1CCN(c2cc([C@@H]3CCOC3)nc(N)n2)CC1. The smallest absolute Gasteiger partial charge is 0.222 e. The summed E-state index contributed by atoms with van der Waals surface area (Å²) >= 11 is 0. The normalized spacial score (nSPS) is 21.1. The Balaban J connectivity index is 1.37. The highest BCUT2D eigenvalue weighted by molar-refractivity contribution is 5.45. The summed E-state index contributed by atoms with van der Waals surface area (Å²) in [7, 11) is 2.23. The molecule has 144 valence electrons. The van der Waals surface area contributed by atoms with Crippen molar-refractivity contribution < 1.29 is 4.74 Å². The fraction of sp³-hybridized carbons (Fsp3) is 0.524. The Bertz CT molecular complexity index is 739. The molecule has 0 spiro atoms. The van der Waals surface area contributed by atoms with Crippen molar-refractivity contribution in [1.29, 1.82) is 0 Å². The maximum absolute atomic E-state index is 6.00. The molecule has 1 atom stereocenters. The third-order valence-electron chi connectivity index (χ3n) is 5.78. The van der Waals surface area contributed by atoms with E-state index in [1.54, 1.807) is 0 Å². The molecule has 0 radical (unpaired) electrons. The maximum atomic E-state index is 6.00. The number of anilines is 2. The average molecular weight is 367 g/mol. The van der Waals surface area contributed by atoms with Gasteiger partial charge in [0.1, 0.15) is 5.82 Å². The summed E-state index contributed by atoms with van der Waals surface area (Å²) in [4.78, 5) is 13.8. The van der Waals surface area contributed by atoms with Crippen LogP contribution in [0.25, 0.3) is 0 Å². The zero-order chi connectivity index (χ0) is 18.6. The summed E-state index contributed by atoms with van der Waals surface area (Å²) in [5, 5.41) is 0. The number of piperidine rings is 1. The number of aromatic nitrogens is 2. The van der Waals surface area contributed by atoms with Crippen LogP contribution in [-0.4, -0.2) is 54.3 Å². The Kier molecular flexibility index (Phi) is 5.55. The highest BCUT2D eigenvalue weighted by Gasteiger charge is 2.25. The topological polar surface area (TPSA) is 67.5 Å². The Morgan fingerprint density at radius 1 is 1.15 bits per heavy atom. The van der Waals surface area contributed by atoms with E-state index in [9.17, 15) is 0 Å². The number of rotatable bonds is 5. The lowest BCUT2D eigenvalue weighted by molar-refractivity contribution is 0.193. The molecule has 0 saturated carbocycles. The molecule has 1 aromatic heterocycles. The molecule has 2 aromatic rings. The lowest BCUT2D eigenvalue weighted by Gasteiger charge is -2.37. The molecule has 0 amide bonds. The first-order valence-corrected chi connectivity index (χ1v) is 9.90. The van der Waals surface area contributed by atoms with E-state index in [4.69, 9.17) is 10.5 Å². The van der Waals surface area contributed by atoms with Gasteiger partial charge in [0.25, 0.3) is 0 Å². The zero-order valence-corrected chi connectivity index (χ0v) is 16.1. The van der Waals surface area contributed by atoms with E-state index in [-0.39, 0.29) is 0 Å². The first kappa shape index (κ1) is 18.2. The van der Waals surface area contributed by atoms with Crippen molar-refractivity contribution in [3.05, 3.63) is 47.7 Å². The maximum Gasteiger partial charge on any atom is 0.222 e. The third kappa shape index (κ3) is 4.39. The van der Waals surface area contributed by atoms with Gasteiger partial charge in [0.15, 0.2) is 0 Å². The zero-order valence-electron chi connectivity index (χ0n) is 16.1. The second kappa shape index (κ2) is 8.23. The van der Waals surface area contributed by atoms with Crippen LogP contribution in [0.1, 0.15) is 36.4 Å². The predicted molar refractivity (Wildman–Crippen MR) is 108 cm³/mol. The number of benzene rings is 1. The van der Waals surface area contributed by atoms with Crippen LogP contribution < -0.4 is 10.6 Å². The van der Waals surface area contributed by atoms with Crippen molar-refractivity contribution in [2.24, 2.45) is 0 Å². The van der Waals surface area contributed by atoms with Crippen molar-refractivity contribution in [2.75, 3.05) is 44.0 Å². The Hall–Kier alpha value is -2.18. The van der Waals surface area contributed by atoms with Gasteiger partial charge in [0.2, 0.25) is 5.95 Å². The number of nitrogens with two attached hydrogens (primary N) is 1. The van der Waals surface area contributed by atoms with E-state index < -0.39 is 0 Å². The van der Waals surface area contributed by atoms with Gasteiger partial charge in [-0.05, 0) is 31.9 Å². The summed E-state index contributed by atoms with van der Waals surface area (Å²) < 4.78 is 5.51. The van der Waals surface area contributed by atoms with E-state index in [1.807, 2.05) is 0 Å². The number of nitrogens with zero attached hydrogens (tertiary/aromatic N) is 4. The van der Waals surface area contributed by atoms with E-state index in [1.165, 1.54) is 5.56 Å². The van der Waals surface area contributed by atoms with Gasteiger partial charge in [-0.15, -0.1) is 0 Å². The average Bonchev–Trinajstić information content (AvgIpc) is 3.23. The van der Waals surface area contributed by atoms with Gasteiger partial charge >= 0.3 is 0 Å². The molecule has 2 aliphatic heterocycles. The first-order valence-electron chi connectivity index (χ1n) is 9.90. The minimum Gasteiger partial charge on any atom is -0.381 e. The second-order valence-electron chi connectivity index (χ2n) is 7.69. The Morgan fingerprint density at radius 3 is 2.63 bits per heavy atom. The molecule has 0 unspecified atom stereocenters. The lowest BCUT2D eigenvalue weighted by Crippen LogP contribution is -2.43. The molecule has 2 saturated heterocycles. The quantitative estimate of drug-likeness (QED) is 0.876. The molecule has 0 bridgehead atoms. The third-order valence-corrected chi connectivity index (χ3v) is 5.78. The van der Waals surface area contributed by atoms with Gasteiger partial charge < -0.3 is 15.4 Å². The Labute approximate surface area is 161 Å². The summed E-state index contributed by atoms with van der Waals surface area (Å²) in [5.74, 6) is 1.69. The van der Waals surface area contributed by atoms with Crippen LogP contribution in [0.4, 0.5) is 11.8 Å². The van der Waals surface area contributed by atoms with Crippen molar-refractivity contribution >= 4 is 11.8 Å². The summed E-state index contributed by atoms with van der Waals surface area (Å²) in [6.07, 6.45) is 3.28. The van der Waals surface area contributed by atoms with Crippen molar-refractivity contribution in [2.45, 2.75) is 37.8 Å². The standard InChI is InChI=1S/C21H29N5O/c1-25(14-16-5-3-2-4-6-16)18-7-10-26(11-8-18)20-13-19(23-21(22)24-20)17-9-12-27-15-17/h2-6,13,17-18H,7-12,14-15H2,1H3,(H2,22,23,24)/t17-/m1/s1. The first-order chi connectivity index (χ1) is 13.2. The minimum absolute atomic E-state index is 0.351. The molecule has 3 heterocycles. The predicted octanol–water partition coefficient (Wildman–Crippen LogP) is 2.66. The van der Waals surface area contributed by atoms with Crippen LogP contribution in [0.5, 0.6) is 0 Å². The highest BCUT2D eigenvalue weighted by Crippen LogP contribution is 2.28. The van der Waals surface area contributed by atoms with Gasteiger partial charge in [-0.1, -0.05) is 30.3 Å². The summed E-state index contributed by atoms with van der Waals surface area (Å²) in [5.41, 5.74) is 8.39. The molecule has 4 rings (SSSR count). The molecule has 2 aliphatic rings. The molecule has 0 aliphatic carbocycles. The molecular formula is C21H29N5O. The molecule has 2 N–H and O–H groups in total. The molecule has 1 aromatic carbocycles. The Morgan fingerprint density at radius 2 is 1.93 bits per heavy atom. The van der Waals surface area contributed by atoms with E-state index in [0.29, 0.717) is 17.9 Å². The van der Waals surface area contributed by atoms with Gasteiger partial charge in [0.05, 0.1) is 12.3 Å². The van der Waals surface area contributed by atoms with Crippen LogP contribution >= 0.6 is 0 Å². The largest absolute Gasteiger partial charge is 0.381 e. The van der Waals surface area contributed by atoms with Crippen LogP contribution in [0, 0.1) is 0 Å². The highest BCUT2D eigenvalue weighted by atomic mass is 16.5. The van der Waals surface area contributed by atoms with Gasteiger partial charge in [-0.25, -0.2) is 4.98 Å².